The van der Waals surface area contributed by atoms with E-state index in [0.717, 1.165) is 24.1 Å². The Labute approximate surface area is 156 Å². The van der Waals surface area contributed by atoms with Gasteiger partial charge in [-0.05, 0) is 41.7 Å². The molecule has 26 heavy (non-hydrogen) atoms. The third-order valence-electron chi connectivity index (χ3n) is 4.28. The van der Waals surface area contributed by atoms with Gasteiger partial charge in [-0.2, -0.15) is 0 Å². The molecular weight excluding hydrogens is 324 g/mol. The van der Waals surface area contributed by atoms with Crippen molar-refractivity contribution in [3.8, 4) is 0 Å². The van der Waals surface area contributed by atoms with E-state index >= 15 is 0 Å². The molecule has 2 aromatic rings. The molecule has 0 unspecified atom stereocenters. The van der Waals surface area contributed by atoms with Gasteiger partial charge in [-0.15, -0.1) is 0 Å². The molecule has 2 rings (SSSR count). The van der Waals surface area contributed by atoms with E-state index in [2.05, 4.69) is 41.8 Å². The maximum atomic E-state index is 12.1. The summed E-state index contributed by atoms with van der Waals surface area (Å²) in [5, 5.41) is 5.82. The van der Waals surface area contributed by atoms with Crippen LogP contribution < -0.4 is 10.6 Å². The first-order valence-corrected chi connectivity index (χ1v) is 9.22. The molecule has 0 aliphatic carbocycles. The van der Waals surface area contributed by atoms with Crippen LogP contribution in [0.1, 0.15) is 43.9 Å². The van der Waals surface area contributed by atoms with E-state index in [0.29, 0.717) is 13.0 Å². The molecule has 0 saturated heterocycles. The van der Waals surface area contributed by atoms with Gasteiger partial charge in [0.25, 0.3) is 0 Å². The van der Waals surface area contributed by atoms with Gasteiger partial charge in [-0.25, -0.2) is 0 Å². The monoisotopic (exact) mass is 352 g/mol. The molecule has 2 amide bonds. The summed E-state index contributed by atoms with van der Waals surface area (Å²) in [5.74, 6) is -0.0498. The smallest absolute Gasteiger partial charge is 0.226 e. The van der Waals surface area contributed by atoms with E-state index in [1.807, 2.05) is 38.1 Å². The number of nitrogens with one attached hydrogen (secondary N) is 2. The van der Waals surface area contributed by atoms with Gasteiger partial charge in [-0.1, -0.05) is 57.2 Å². The fourth-order valence-electron chi connectivity index (χ4n) is 2.53. The lowest BCUT2D eigenvalue weighted by Gasteiger charge is -2.10. The van der Waals surface area contributed by atoms with Crippen molar-refractivity contribution in [1.29, 1.82) is 0 Å². The van der Waals surface area contributed by atoms with E-state index in [9.17, 15) is 9.59 Å². The Kier molecular flexibility index (Phi) is 7.39. The highest BCUT2D eigenvalue weighted by Gasteiger charge is 2.08. The van der Waals surface area contributed by atoms with Crippen LogP contribution in [-0.4, -0.2) is 11.8 Å². The van der Waals surface area contributed by atoms with E-state index < -0.39 is 0 Å². The average molecular weight is 352 g/mol. The van der Waals surface area contributed by atoms with Crippen LogP contribution in [0.4, 0.5) is 5.69 Å². The molecule has 0 aromatic heterocycles. The van der Waals surface area contributed by atoms with Crippen LogP contribution >= 0.6 is 0 Å². The highest BCUT2D eigenvalue weighted by molar-refractivity contribution is 5.92. The van der Waals surface area contributed by atoms with Crippen molar-refractivity contribution in [3.63, 3.8) is 0 Å². The highest BCUT2D eigenvalue weighted by atomic mass is 16.2. The summed E-state index contributed by atoms with van der Waals surface area (Å²) in [5.41, 5.74) is 4.21. The van der Waals surface area contributed by atoms with Crippen LogP contribution in [0, 0.1) is 5.92 Å². The highest BCUT2D eigenvalue weighted by Crippen LogP contribution is 2.12. The number of benzene rings is 2. The number of rotatable bonds is 8. The molecule has 0 atom stereocenters. The van der Waals surface area contributed by atoms with Crippen LogP contribution in [0.15, 0.2) is 48.5 Å². The van der Waals surface area contributed by atoms with Crippen molar-refractivity contribution in [2.24, 2.45) is 5.92 Å². The lowest BCUT2D eigenvalue weighted by Crippen LogP contribution is -2.23. The summed E-state index contributed by atoms with van der Waals surface area (Å²) in [6.45, 7) is 6.30. The molecular formula is C22H28N2O2. The maximum Gasteiger partial charge on any atom is 0.226 e. The topological polar surface area (TPSA) is 58.2 Å². The summed E-state index contributed by atoms with van der Waals surface area (Å²) in [6.07, 6.45) is 2.23. The third-order valence-corrected chi connectivity index (χ3v) is 4.28. The van der Waals surface area contributed by atoms with Gasteiger partial charge >= 0.3 is 0 Å². The van der Waals surface area contributed by atoms with Gasteiger partial charge in [0, 0.05) is 24.6 Å². The molecule has 0 heterocycles. The second-order valence-corrected chi connectivity index (χ2v) is 6.79. The molecule has 0 radical (unpaired) electrons. The molecule has 138 valence electrons. The molecule has 2 aromatic carbocycles. The predicted molar refractivity (Wildman–Crippen MR) is 106 cm³/mol. The zero-order valence-electron chi connectivity index (χ0n) is 15.8. The van der Waals surface area contributed by atoms with E-state index in [1.165, 1.54) is 11.1 Å². The number of carbonyl (C=O) groups excluding carboxylic acids is 2. The first-order chi connectivity index (χ1) is 12.5. The van der Waals surface area contributed by atoms with Gasteiger partial charge in [0.1, 0.15) is 0 Å². The molecule has 0 bridgehead atoms. The lowest BCUT2D eigenvalue weighted by molar-refractivity contribution is -0.121. The van der Waals surface area contributed by atoms with Crippen molar-refractivity contribution < 1.29 is 9.59 Å². The quantitative estimate of drug-likeness (QED) is 0.752. The number of amides is 2. The third kappa shape index (κ3) is 6.36. The summed E-state index contributed by atoms with van der Waals surface area (Å²) in [7, 11) is 0. The van der Waals surface area contributed by atoms with Crippen LogP contribution in [0.25, 0.3) is 0 Å². The minimum Gasteiger partial charge on any atom is -0.352 e. The average Bonchev–Trinajstić information content (AvgIpc) is 2.65. The Balaban J connectivity index is 1.80. The number of anilines is 1. The molecule has 0 spiro atoms. The number of aryl methyl sites for hydroxylation is 2. The van der Waals surface area contributed by atoms with Gasteiger partial charge in [0.15, 0.2) is 0 Å². The van der Waals surface area contributed by atoms with Crippen molar-refractivity contribution in [3.05, 3.63) is 65.2 Å². The molecule has 0 aliphatic heterocycles. The lowest BCUT2D eigenvalue weighted by atomic mass is 10.1. The maximum absolute atomic E-state index is 12.1. The van der Waals surface area contributed by atoms with Crippen LogP contribution in [-0.2, 0) is 29.0 Å². The first-order valence-electron chi connectivity index (χ1n) is 9.22. The number of carbonyl (C=O) groups is 2. The second kappa shape index (κ2) is 9.76. The van der Waals surface area contributed by atoms with Gasteiger partial charge in [0.2, 0.25) is 11.8 Å². The minimum absolute atomic E-state index is 0.0136. The summed E-state index contributed by atoms with van der Waals surface area (Å²) in [6, 6.07) is 16.0. The normalized spacial score (nSPS) is 10.6. The van der Waals surface area contributed by atoms with Crippen LogP contribution in [0.5, 0.6) is 0 Å². The van der Waals surface area contributed by atoms with Gasteiger partial charge < -0.3 is 10.6 Å². The Hall–Kier alpha value is -2.62. The molecule has 4 nitrogen and oxygen atoms in total. The molecule has 2 N–H and O–H groups in total. The van der Waals surface area contributed by atoms with Gasteiger partial charge in [-0.3, -0.25) is 9.59 Å². The van der Waals surface area contributed by atoms with E-state index in [1.54, 1.807) is 0 Å². The fraction of sp³-hybridized carbons (Fsp3) is 0.364. The minimum atomic E-state index is -0.0650. The van der Waals surface area contributed by atoms with Crippen LogP contribution in [0.3, 0.4) is 0 Å². The van der Waals surface area contributed by atoms with E-state index in [-0.39, 0.29) is 17.7 Å². The van der Waals surface area contributed by atoms with Crippen molar-refractivity contribution in [2.45, 2.75) is 46.6 Å². The van der Waals surface area contributed by atoms with Crippen molar-refractivity contribution in [2.75, 3.05) is 5.32 Å². The number of hydrogen-bond acceptors (Lipinski definition) is 2. The Bertz CT molecular complexity index is 736. The van der Waals surface area contributed by atoms with Crippen molar-refractivity contribution in [1.82, 2.24) is 5.32 Å². The van der Waals surface area contributed by atoms with E-state index in [4.69, 9.17) is 0 Å². The molecule has 0 saturated carbocycles. The zero-order chi connectivity index (χ0) is 18.9. The Morgan fingerprint density at radius 2 is 1.65 bits per heavy atom. The first kappa shape index (κ1) is 19.7. The number of hydrogen-bond donors (Lipinski definition) is 2. The summed E-state index contributed by atoms with van der Waals surface area (Å²) < 4.78 is 0. The summed E-state index contributed by atoms with van der Waals surface area (Å²) >= 11 is 0. The molecule has 0 fully saturated rings. The fourth-order valence-corrected chi connectivity index (χ4v) is 2.53. The Morgan fingerprint density at radius 3 is 2.31 bits per heavy atom. The molecule has 4 heteroatoms. The van der Waals surface area contributed by atoms with Gasteiger partial charge in [0.05, 0.1) is 0 Å². The zero-order valence-corrected chi connectivity index (χ0v) is 15.8. The standard InChI is InChI=1S/C22H28N2O2/c1-4-17-8-10-18(11-9-17)12-13-21(25)23-15-19-6-5-7-20(14-19)24-22(26)16(2)3/h5-11,14,16H,4,12-13,15H2,1-3H3,(H,23,25)(H,24,26). The molecule has 0 aliphatic rings. The second-order valence-electron chi connectivity index (χ2n) is 6.79. The van der Waals surface area contributed by atoms with Crippen molar-refractivity contribution >= 4 is 17.5 Å². The summed E-state index contributed by atoms with van der Waals surface area (Å²) in [4.78, 5) is 23.9. The van der Waals surface area contributed by atoms with Crippen LogP contribution in [0.2, 0.25) is 0 Å². The Morgan fingerprint density at radius 1 is 0.962 bits per heavy atom. The SMILES string of the molecule is CCc1ccc(CCC(=O)NCc2cccc(NC(=O)C(C)C)c2)cc1. The predicted octanol–water partition coefficient (Wildman–Crippen LogP) is 4.09. The largest absolute Gasteiger partial charge is 0.352 e.